The third-order valence-corrected chi connectivity index (χ3v) is 10.3. The molecule has 0 fully saturated rings. The van der Waals surface area contributed by atoms with Crippen molar-refractivity contribution in [1.82, 2.24) is 15.0 Å². The van der Waals surface area contributed by atoms with Gasteiger partial charge in [-0.2, -0.15) is 0 Å². The van der Waals surface area contributed by atoms with E-state index in [2.05, 4.69) is 133 Å². The predicted molar refractivity (Wildman–Crippen MR) is 219 cm³/mol. The van der Waals surface area contributed by atoms with Gasteiger partial charge in [0.2, 0.25) is 0 Å². The van der Waals surface area contributed by atoms with Gasteiger partial charge in [0.25, 0.3) is 0 Å². The Morgan fingerprint density at radius 2 is 0.852 bits per heavy atom. The molecule has 5 heteroatoms. The highest BCUT2D eigenvalue weighted by Gasteiger charge is 2.20. The highest BCUT2D eigenvalue weighted by Crippen LogP contribution is 2.41. The van der Waals surface area contributed by atoms with E-state index >= 15 is 0 Å². The minimum atomic E-state index is 0.568. The van der Waals surface area contributed by atoms with Crippen LogP contribution in [0.15, 0.2) is 185 Å². The maximum Gasteiger partial charge on any atom is 0.164 e. The lowest BCUT2D eigenvalue weighted by Gasteiger charge is -2.12. The Balaban J connectivity index is 1.14. The summed E-state index contributed by atoms with van der Waals surface area (Å²) in [6, 6.07) is 60.5. The summed E-state index contributed by atoms with van der Waals surface area (Å²) in [5, 5.41) is 6.43. The van der Waals surface area contributed by atoms with Crippen LogP contribution in [0.4, 0.5) is 0 Å². The normalized spacial score (nSPS) is 11.7. The first-order chi connectivity index (χ1) is 26.7. The summed E-state index contributed by atoms with van der Waals surface area (Å²) in [7, 11) is 0. The molecule has 252 valence electrons. The van der Waals surface area contributed by atoms with Crippen LogP contribution >= 0.6 is 0 Å². The van der Waals surface area contributed by atoms with Crippen LogP contribution in [0.5, 0.6) is 0 Å². The molecule has 0 unspecified atom stereocenters. The maximum atomic E-state index is 6.55. The molecule has 0 saturated heterocycles. The Hall–Kier alpha value is -7.37. The lowest BCUT2D eigenvalue weighted by atomic mass is 9.97. The van der Waals surface area contributed by atoms with Crippen molar-refractivity contribution in [3.05, 3.63) is 176 Å². The molecule has 0 spiro atoms. The van der Waals surface area contributed by atoms with Gasteiger partial charge in [0.15, 0.2) is 17.5 Å². The van der Waals surface area contributed by atoms with Crippen molar-refractivity contribution in [2.45, 2.75) is 0 Å². The summed E-state index contributed by atoms with van der Waals surface area (Å²) in [5.74, 6) is 1.76. The molecule has 0 aliphatic carbocycles. The molecule has 5 nitrogen and oxygen atoms in total. The first-order valence-electron chi connectivity index (χ1n) is 18.0. The molecule has 11 aromatic rings. The topological polar surface area (TPSA) is 65.0 Å². The third-order valence-electron chi connectivity index (χ3n) is 10.3. The van der Waals surface area contributed by atoms with Gasteiger partial charge in [0.05, 0.1) is 0 Å². The van der Waals surface area contributed by atoms with Crippen molar-refractivity contribution in [1.29, 1.82) is 0 Å². The van der Waals surface area contributed by atoms with Gasteiger partial charge in [-0.3, -0.25) is 0 Å². The Labute approximate surface area is 309 Å². The fourth-order valence-corrected chi connectivity index (χ4v) is 7.63. The van der Waals surface area contributed by atoms with Gasteiger partial charge in [-0.25, -0.2) is 15.0 Å². The highest BCUT2D eigenvalue weighted by molar-refractivity contribution is 6.13. The quantitative estimate of drug-likeness (QED) is 0.180. The molecule has 0 saturated carbocycles. The largest absolute Gasteiger partial charge is 0.456 e. The SMILES string of the molecule is c1ccc(-c2ccc(-c3nc(-c4ccc5ccccc5c4)nc(-c4cc(-c5ccc6c(c5)oc5ccccc56)cc5oc6ccccc6c45)n3)cc2)cc1. The zero-order valence-electron chi connectivity index (χ0n) is 28.9. The molecule has 0 N–H and O–H groups in total. The van der Waals surface area contributed by atoms with Gasteiger partial charge in [0.1, 0.15) is 22.3 Å². The van der Waals surface area contributed by atoms with Gasteiger partial charge >= 0.3 is 0 Å². The van der Waals surface area contributed by atoms with Crippen LogP contribution in [0.2, 0.25) is 0 Å². The number of aromatic nitrogens is 3. The van der Waals surface area contributed by atoms with Crippen molar-refractivity contribution >= 4 is 54.6 Å². The number of hydrogen-bond donors (Lipinski definition) is 0. The molecule has 8 aromatic carbocycles. The van der Waals surface area contributed by atoms with Gasteiger partial charge in [0, 0.05) is 38.2 Å². The number of rotatable bonds is 5. The van der Waals surface area contributed by atoms with Crippen LogP contribution in [-0.2, 0) is 0 Å². The second-order valence-electron chi connectivity index (χ2n) is 13.6. The summed E-state index contributed by atoms with van der Waals surface area (Å²) < 4.78 is 12.9. The minimum Gasteiger partial charge on any atom is -0.456 e. The van der Waals surface area contributed by atoms with E-state index in [0.717, 1.165) is 93.6 Å². The second-order valence-corrected chi connectivity index (χ2v) is 13.6. The van der Waals surface area contributed by atoms with Crippen molar-refractivity contribution < 1.29 is 8.83 Å². The molecule has 0 radical (unpaired) electrons. The summed E-state index contributed by atoms with van der Waals surface area (Å²) in [6.07, 6.45) is 0. The lowest BCUT2D eigenvalue weighted by Crippen LogP contribution is -2.01. The van der Waals surface area contributed by atoms with Gasteiger partial charge in [-0.05, 0) is 75.5 Å². The number of furan rings is 2. The van der Waals surface area contributed by atoms with E-state index in [4.69, 9.17) is 23.8 Å². The molecule has 3 aromatic heterocycles. The minimum absolute atomic E-state index is 0.568. The molecule has 11 rings (SSSR count). The van der Waals surface area contributed by atoms with Gasteiger partial charge < -0.3 is 8.83 Å². The summed E-state index contributed by atoms with van der Waals surface area (Å²) >= 11 is 0. The first kappa shape index (κ1) is 30.3. The van der Waals surface area contributed by atoms with Gasteiger partial charge in [-0.15, -0.1) is 0 Å². The fraction of sp³-hybridized carbons (Fsp3) is 0. The predicted octanol–water partition coefficient (Wildman–Crippen LogP) is 13.2. The summed E-state index contributed by atoms with van der Waals surface area (Å²) in [6.45, 7) is 0. The number of fused-ring (bicyclic) bond motifs is 7. The van der Waals surface area contributed by atoms with E-state index in [0.29, 0.717) is 17.5 Å². The second kappa shape index (κ2) is 12.1. The molecule has 0 atom stereocenters. The van der Waals surface area contributed by atoms with E-state index in [1.165, 1.54) is 0 Å². The third kappa shape index (κ3) is 5.06. The van der Waals surface area contributed by atoms with E-state index in [9.17, 15) is 0 Å². The van der Waals surface area contributed by atoms with Crippen molar-refractivity contribution in [2.24, 2.45) is 0 Å². The average Bonchev–Trinajstić information content (AvgIpc) is 3.81. The van der Waals surface area contributed by atoms with Crippen LogP contribution in [0.3, 0.4) is 0 Å². The molecule has 0 amide bonds. The maximum absolute atomic E-state index is 6.55. The number of hydrogen-bond acceptors (Lipinski definition) is 5. The van der Waals surface area contributed by atoms with E-state index in [-0.39, 0.29) is 0 Å². The molecular weight excluding hydrogens is 663 g/mol. The van der Waals surface area contributed by atoms with Crippen molar-refractivity contribution in [3.8, 4) is 56.4 Å². The number of benzene rings is 8. The van der Waals surface area contributed by atoms with Gasteiger partial charge in [-0.1, -0.05) is 133 Å². The Morgan fingerprint density at radius 1 is 0.296 bits per heavy atom. The van der Waals surface area contributed by atoms with E-state index in [1.54, 1.807) is 0 Å². The van der Waals surface area contributed by atoms with Crippen LogP contribution in [0.1, 0.15) is 0 Å². The van der Waals surface area contributed by atoms with Crippen molar-refractivity contribution in [3.63, 3.8) is 0 Å². The standard InChI is InChI=1S/C49H29N3O2/c1-2-10-30(11-3-1)32-18-21-33(22-19-32)47-50-48(36-23-20-31-12-4-5-13-34(31)26-36)52-49(51-47)41-27-37(29-45-46(41)40-15-7-9-17-43(40)54-45)35-24-25-39-38-14-6-8-16-42(38)53-44(39)28-35/h1-29H. The molecule has 54 heavy (non-hydrogen) atoms. The Morgan fingerprint density at radius 3 is 1.69 bits per heavy atom. The van der Waals surface area contributed by atoms with Crippen LogP contribution in [0.25, 0.3) is 111 Å². The molecule has 0 aliphatic rings. The van der Waals surface area contributed by atoms with E-state index < -0.39 is 0 Å². The number of para-hydroxylation sites is 2. The summed E-state index contributed by atoms with van der Waals surface area (Å²) in [4.78, 5) is 15.6. The smallest absolute Gasteiger partial charge is 0.164 e. The van der Waals surface area contributed by atoms with Crippen molar-refractivity contribution in [2.75, 3.05) is 0 Å². The molecular formula is C49H29N3O2. The Bertz CT molecular complexity index is 3210. The molecule has 3 heterocycles. The zero-order valence-corrected chi connectivity index (χ0v) is 28.9. The average molecular weight is 692 g/mol. The fourth-order valence-electron chi connectivity index (χ4n) is 7.63. The lowest BCUT2D eigenvalue weighted by molar-refractivity contribution is 0.668. The first-order valence-corrected chi connectivity index (χ1v) is 18.0. The Kier molecular flexibility index (Phi) is 6.79. The number of nitrogens with zero attached hydrogens (tertiary/aromatic N) is 3. The van der Waals surface area contributed by atoms with Crippen LogP contribution in [0, 0.1) is 0 Å². The molecule has 0 bridgehead atoms. The molecule has 0 aliphatic heterocycles. The summed E-state index contributed by atoms with van der Waals surface area (Å²) in [5.41, 5.74) is 10.2. The van der Waals surface area contributed by atoms with E-state index in [1.807, 2.05) is 42.5 Å². The zero-order chi connectivity index (χ0) is 35.6. The highest BCUT2D eigenvalue weighted by atomic mass is 16.3. The van der Waals surface area contributed by atoms with Crippen LogP contribution in [-0.4, -0.2) is 15.0 Å². The monoisotopic (exact) mass is 691 g/mol. The van der Waals surface area contributed by atoms with Crippen LogP contribution < -0.4 is 0 Å².